The number of rotatable bonds is 66. The summed E-state index contributed by atoms with van der Waals surface area (Å²) in [7, 11) is 0. The lowest BCUT2D eigenvalue weighted by Crippen LogP contribution is -2.45. The van der Waals surface area contributed by atoms with Gasteiger partial charge in [-0.1, -0.05) is 364 Å². The second-order valence-electron chi connectivity index (χ2n) is 24.3. The van der Waals surface area contributed by atoms with Crippen molar-refractivity contribution in [1.29, 1.82) is 0 Å². The summed E-state index contributed by atoms with van der Waals surface area (Å²) >= 11 is 0. The van der Waals surface area contributed by atoms with E-state index < -0.39 is 12.1 Å². The third-order valence-electron chi connectivity index (χ3n) is 16.5. The lowest BCUT2D eigenvalue weighted by atomic mass is 10.0. The van der Waals surface area contributed by atoms with E-state index in [1.165, 1.54) is 321 Å². The zero-order valence-electron chi connectivity index (χ0n) is 53.0. The predicted molar refractivity (Wildman–Crippen MR) is 350 cm³/mol. The number of hydrogen-bond acceptors (Lipinski definition) is 3. The molecule has 2 unspecified atom stereocenters. The molecule has 0 aromatic heterocycles. The Morgan fingerprint density at radius 1 is 0.308 bits per heavy atom. The molecule has 0 aromatic carbocycles. The van der Waals surface area contributed by atoms with Crippen LogP contribution < -0.4 is 5.32 Å². The van der Waals surface area contributed by atoms with Gasteiger partial charge in [-0.25, -0.2) is 0 Å². The summed E-state index contributed by atoms with van der Waals surface area (Å²) in [5, 5.41) is 23.3. The normalized spacial score (nSPS) is 13.0. The van der Waals surface area contributed by atoms with Gasteiger partial charge in [0.15, 0.2) is 0 Å². The molecule has 0 aliphatic rings. The lowest BCUT2D eigenvalue weighted by molar-refractivity contribution is -0.123. The molecule has 0 rings (SSSR count). The number of nitrogens with one attached hydrogen (secondary N) is 1. The smallest absolute Gasteiger partial charge is 0.220 e. The molecule has 0 heterocycles. The number of aliphatic hydroxyl groups excluding tert-OH is 2. The summed E-state index contributed by atoms with van der Waals surface area (Å²) in [5.74, 6) is -0.0711. The van der Waals surface area contributed by atoms with Crippen LogP contribution in [0, 0.1) is 0 Å². The minimum Gasteiger partial charge on any atom is -0.394 e. The fourth-order valence-corrected chi connectivity index (χ4v) is 11.1. The third-order valence-corrected chi connectivity index (χ3v) is 16.5. The minimum absolute atomic E-state index is 0.0711. The predicted octanol–water partition coefficient (Wildman–Crippen LogP) is 24.3. The van der Waals surface area contributed by atoms with E-state index in [-0.39, 0.29) is 12.5 Å². The van der Waals surface area contributed by atoms with Crippen LogP contribution in [0.25, 0.3) is 0 Å². The van der Waals surface area contributed by atoms with E-state index in [0.717, 1.165) is 44.9 Å². The Bertz CT molecular complexity index is 1280. The fraction of sp³-hybridized carbons (Fsp3) is 0.851. The van der Waals surface area contributed by atoms with E-state index >= 15 is 0 Å². The van der Waals surface area contributed by atoms with Gasteiger partial charge in [0.25, 0.3) is 0 Å². The number of hydrogen-bond donors (Lipinski definition) is 3. The summed E-state index contributed by atoms with van der Waals surface area (Å²) in [4.78, 5) is 12.5. The van der Waals surface area contributed by atoms with E-state index in [1.807, 2.05) is 6.08 Å². The van der Waals surface area contributed by atoms with Gasteiger partial charge in [0.05, 0.1) is 18.8 Å². The van der Waals surface area contributed by atoms with Crippen molar-refractivity contribution in [1.82, 2.24) is 5.32 Å². The van der Waals surface area contributed by atoms with E-state index in [4.69, 9.17) is 0 Å². The first-order chi connectivity index (χ1) is 38.7. The minimum atomic E-state index is -0.872. The first-order valence-electron chi connectivity index (χ1n) is 35.5. The van der Waals surface area contributed by atoms with Crippen LogP contribution in [-0.2, 0) is 4.79 Å². The Balaban J connectivity index is 3.45. The SMILES string of the molecule is CCCCCCC/C=C\C/C=C\CCCCCCCCCCCCCCCCCCCCCCCCCCCCCC(=O)NC(CO)C(O)/C=C/CC/C=C/CC/C=C/CCCCCCCCCCCCCCCCCCC. The molecule has 0 saturated heterocycles. The summed E-state index contributed by atoms with van der Waals surface area (Å²) < 4.78 is 0. The van der Waals surface area contributed by atoms with Crippen molar-refractivity contribution in [3.63, 3.8) is 0 Å². The number of carbonyl (C=O) groups excluding carboxylic acids is 1. The Morgan fingerprint density at radius 2 is 0.538 bits per heavy atom. The molecule has 0 aliphatic heterocycles. The standard InChI is InChI=1S/C74H139NO3/c1-3-5-7-9-11-13-15-17-19-21-23-25-27-29-31-32-33-34-35-36-37-38-39-40-41-42-44-46-48-50-52-54-56-58-60-62-64-66-68-70-74(78)75-72(71-76)73(77)69-67-65-63-61-59-57-55-53-51-49-47-45-43-30-28-26-24-22-20-18-16-14-12-10-8-6-4-2/h15,17,21,23,51,53,59,61,67,69,72-73,76-77H,3-14,16,18-20,22,24-50,52,54-58,60,62-66,68,70-71H2,1-2H3,(H,75,78)/b17-15-,23-21-,53-51+,61-59+,69-67+. The van der Waals surface area contributed by atoms with E-state index in [9.17, 15) is 15.0 Å². The van der Waals surface area contributed by atoms with Crippen molar-refractivity contribution < 1.29 is 15.0 Å². The van der Waals surface area contributed by atoms with Gasteiger partial charge in [-0.3, -0.25) is 4.79 Å². The zero-order chi connectivity index (χ0) is 56.2. The highest BCUT2D eigenvalue weighted by Crippen LogP contribution is 2.19. The van der Waals surface area contributed by atoms with E-state index in [2.05, 4.69) is 67.8 Å². The van der Waals surface area contributed by atoms with Crippen molar-refractivity contribution in [2.24, 2.45) is 0 Å². The maximum Gasteiger partial charge on any atom is 0.220 e. The first kappa shape index (κ1) is 76.1. The number of allylic oxidation sites excluding steroid dienone is 9. The highest BCUT2D eigenvalue weighted by Gasteiger charge is 2.18. The molecule has 0 fully saturated rings. The molecule has 4 heteroatoms. The van der Waals surface area contributed by atoms with E-state index in [0.29, 0.717) is 6.42 Å². The van der Waals surface area contributed by atoms with Gasteiger partial charge in [-0.15, -0.1) is 0 Å². The van der Waals surface area contributed by atoms with Crippen molar-refractivity contribution in [3.05, 3.63) is 60.8 Å². The van der Waals surface area contributed by atoms with Gasteiger partial charge in [-0.05, 0) is 77.0 Å². The molecule has 0 saturated carbocycles. The van der Waals surface area contributed by atoms with Crippen molar-refractivity contribution >= 4 is 5.91 Å². The number of amides is 1. The maximum absolute atomic E-state index is 12.5. The molecule has 78 heavy (non-hydrogen) atoms. The van der Waals surface area contributed by atoms with Crippen molar-refractivity contribution in [2.75, 3.05) is 6.61 Å². The topological polar surface area (TPSA) is 69.6 Å². The third kappa shape index (κ3) is 64.9. The second kappa shape index (κ2) is 69.4. The average Bonchev–Trinajstić information content (AvgIpc) is 3.44. The zero-order valence-corrected chi connectivity index (χ0v) is 53.0. The van der Waals surface area contributed by atoms with Crippen molar-refractivity contribution in [3.8, 4) is 0 Å². The quantitative estimate of drug-likeness (QED) is 0.0420. The Kier molecular flexibility index (Phi) is 67.7. The molecule has 0 bridgehead atoms. The lowest BCUT2D eigenvalue weighted by Gasteiger charge is -2.19. The number of unbranched alkanes of at least 4 members (excludes halogenated alkanes) is 51. The molecular weight excluding hydrogens is 951 g/mol. The van der Waals surface area contributed by atoms with Gasteiger partial charge in [0.1, 0.15) is 0 Å². The summed E-state index contributed by atoms with van der Waals surface area (Å²) in [5.41, 5.74) is 0. The molecule has 0 aromatic rings. The van der Waals surface area contributed by atoms with Gasteiger partial charge >= 0.3 is 0 Å². The fourth-order valence-electron chi connectivity index (χ4n) is 11.1. The molecule has 2 atom stereocenters. The summed E-state index contributed by atoms with van der Waals surface area (Å²) in [6.07, 6.45) is 98.9. The van der Waals surface area contributed by atoms with Crippen LogP contribution in [0.5, 0.6) is 0 Å². The van der Waals surface area contributed by atoms with Crippen LogP contribution in [0.4, 0.5) is 0 Å². The number of carbonyl (C=O) groups is 1. The van der Waals surface area contributed by atoms with Crippen LogP contribution >= 0.6 is 0 Å². The summed E-state index contributed by atoms with van der Waals surface area (Å²) in [6.45, 7) is 4.32. The van der Waals surface area contributed by atoms with Crippen LogP contribution in [0.3, 0.4) is 0 Å². The number of aliphatic hydroxyl groups is 2. The van der Waals surface area contributed by atoms with Crippen LogP contribution in [-0.4, -0.2) is 34.9 Å². The second-order valence-corrected chi connectivity index (χ2v) is 24.3. The average molecular weight is 1090 g/mol. The molecule has 458 valence electrons. The monoisotopic (exact) mass is 1090 g/mol. The van der Waals surface area contributed by atoms with Crippen LogP contribution in [0.1, 0.15) is 386 Å². The largest absolute Gasteiger partial charge is 0.394 e. The maximum atomic E-state index is 12.5. The molecule has 3 N–H and O–H groups in total. The molecule has 0 spiro atoms. The molecular formula is C74H139NO3. The van der Waals surface area contributed by atoms with Gasteiger partial charge < -0.3 is 15.5 Å². The molecule has 0 radical (unpaired) electrons. The summed E-state index contributed by atoms with van der Waals surface area (Å²) in [6, 6.07) is -0.647. The Morgan fingerprint density at radius 3 is 0.821 bits per heavy atom. The van der Waals surface area contributed by atoms with Crippen LogP contribution in [0.2, 0.25) is 0 Å². The highest BCUT2D eigenvalue weighted by atomic mass is 16.3. The van der Waals surface area contributed by atoms with Gasteiger partial charge in [0.2, 0.25) is 5.91 Å². The Labute approximate surface area is 489 Å². The Hall–Kier alpha value is -1.91. The molecule has 1 amide bonds. The first-order valence-corrected chi connectivity index (χ1v) is 35.5. The van der Waals surface area contributed by atoms with E-state index in [1.54, 1.807) is 6.08 Å². The molecule has 0 aliphatic carbocycles. The molecule has 4 nitrogen and oxygen atoms in total. The van der Waals surface area contributed by atoms with Gasteiger partial charge in [-0.2, -0.15) is 0 Å². The highest BCUT2D eigenvalue weighted by molar-refractivity contribution is 5.76. The van der Waals surface area contributed by atoms with Gasteiger partial charge in [0, 0.05) is 6.42 Å². The van der Waals surface area contributed by atoms with Crippen molar-refractivity contribution in [2.45, 2.75) is 398 Å². The van der Waals surface area contributed by atoms with Crippen LogP contribution in [0.15, 0.2) is 60.8 Å².